The van der Waals surface area contributed by atoms with Gasteiger partial charge in [-0.1, -0.05) is 36.4 Å². The zero-order valence-corrected chi connectivity index (χ0v) is 18.9. The lowest BCUT2D eigenvalue weighted by molar-refractivity contribution is -0.385. The van der Waals surface area contributed by atoms with E-state index in [2.05, 4.69) is 4.99 Å². The number of benzene rings is 3. The van der Waals surface area contributed by atoms with E-state index in [1.165, 1.54) is 25.3 Å². The fourth-order valence-electron chi connectivity index (χ4n) is 3.43. The molecule has 0 atom stereocenters. The highest BCUT2D eigenvalue weighted by Crippen LogP contribution is 2.30. The van der Waals surface area contributed by atoms with Gasteiger partial charge in [0.1, 0.15) is 0 Å². The molecular formula is C26H20N2O7. The Morgan fingerprint density at radius 1 is 1.09 bits per heavy atom. The van der Waals surface area contributed by atoms with Crippen LogP contribution in [0.15, 0.2) is 77.4 Å². The molecule has 9 nitrogen and oxygen atoms in total. The molecule has 0 bridgehead atoms. The molecule has 0 radical (unpaired) electrons. The van der Waals surface area contributed by atoms with E-state index < -0.39 is 10.9 Å². The fourth-order valence-corrected chi connectivity index (χ4v) is 3.43. The summed E-state index contributed by atoms with van der Waals surface area (Å²) in [5.41, 5.74) is 2.05. The zero-order valence-electron chi connectivity index (χ0n) is 18.9. The van der Waals surface area contributed by atoms with Gasteiger partial charge in [0.05, 0.1) is 12.0 Å². The van der Waals surface area contributed by atoms with E-state index in [1.807, 2.05) is 6.07 Å². The monoisotopic (exact) mass is 472 g/mol. The lowest BCUT2D eigenvalue weighted by Gasteiger charge is -2.11. The summed E-state index contributed by atoms with van der Waals surface area (Å²) in [7, 11) is 1.47. The van der Waals surface area contributed by atoms with Crippen molar-refractivity contribution >= 4 is 29.4 Å². The Balaban J connectivity index is 1.52. The smallest absolute Gasteiger partial charge is 0.363 e. The summed E-state index contributed by atoms with van der Waals surface area (Å²) < 4.78 is 16.3. The van der Waals surface area contributed by atoms with Gasteiger partial charge in [0, 0.05) is 22.8 Å². The van der Waals surface area contributed by atoms with Gasteiger partial charge in [0.2, 0.25) is 5.90 Å². The van der Waals surface area contributed by atoms with Crippen LogP contribution in [0.1, 0.15) is 27.0 Å². The highest BCUT2D eigenvalue weighted by Gasteiger charge is 2.25. The van der Waals surface area contributed by atoms with Gasteiger partial charge < -0.3 is 14.2 Å². The highest BCUT2D eigenvalue weighted by molar-refractivity contribution is 6.13. The second kappa shape index (κ2) is 10.0. The number of aryl methyl sites for hydroxylation is 1. The van der Waals surface area contributed by atoms with Gasteiger partial charge in [0.15, 0.2) is 29.6 Å². The number of hydrogen-bond acceptors (Lipinski definition) is 8. The number of ether oxygens (including phenoxy) is 3. The SMILES string of the molecule is COc1cc(/C=C2\N=C(c3ccc([N+](=O)[O-])c(C)c3)OC2=O)ccc1OCC(=O)c1ccccc1. The second-order valence-corrected chi connectivity index (χ2v) is 7.58. The Bertz CT molecular complexity index is 1380. The van der Waals surface area contributed by atoms with Gasteiger partial charge in [-0.05, 0) is 42.8 Å². The molecular weight excluding hydrogens is 452 g/mol. The minimum absolute atomic E-state index is 0.0330. The Kier molecular flexibility index (Phi) is 6.68. The van der Waals surface area contributed by atoms with Gasteiger partial charge in [-0.2, -0.15) is 0 Å². The van der Waals surface area contributed by atoms with Crippen LogP contribution in [0.25, 0.3) is 6.08 Å². The second-order valence-electron chi connectivity index (χ2n) is 7.58. The maximum Gasteiger partial charge on any atom is 0.363 e. The fraction of sp³-hybridized carbons (Fsp3) is 0.115. The van der Waals surface area contributed by atoms with Crippen LogP contribution in [0.5, 0.6) is 11.5 Å². The predicted molar refractivity (Wildman–Crippen MR) is 128 cm³/mol. The summed E-state index contributed by atoms with van der Waals surface area (Å²) in [6.45, 7) is 1.44. The lowest BCUT2D eigenvalue weighted by atomic mass is 10.1. The number of carbonyl (C=O) groups is 2. The van der Waals surface area contributed by atoms with Gasteiger partial charge in [0.25, 0.3) is 5.69 Å². The number of ketones is 1. The first-order valence-corrected chi connectivity index (χ1v) is 10.5. The summed E-state index contributed by atoms with van der Waals surface area (Å²) in [5, 5.41) is 11.0. The standard InChI is InChI=1S/C26H20N2O7/c1-16-12-19(9-10-21(16)28(31)32)25-27-20(26(30)35-25)13-17-8-11-23(24(14-17)33-2)34-15-22(29)18-6-4-3-5-7-18/h3-14H,15H2,1-2H3/b20-13-. The van der Waals surface area contributed by atoms with Crippen LogP contribution >= 0.6 is 0 Å². The van der Waals surface area contributed by atoms with Crippen molar-refractivity contribution in [3.63, 3.8) is 0 Å². The molecule has 0 N–H and O–H groups in total. The van der Waals surface area contributed by atoms with Crippen LogP contribution in [0.4, 0.5) is 5.69 Å². The Hall–Kier alpha value is -4.79. The number of Topliss-reactive ketones (excluding diaryl/α,β-unsaturated/α-hetero) is 1. The molecule has 0 saturated carbocycles. The largest absolute Gasteiger partial charge is 0.493 e. The number of rotatable bonds is 8. The molecule has 4 rings (SSSR count). The van der Waals surface area contributed by atoms with Crippen molar-refractivity contribution < 1.29 is 28.7 Å². The van der Waals surface area contributed by atoms with Crippen molar-refractivity contribution in [3.05, 3.63) is 105 Å². The lowest BCUT2D eigenvalue weighted by Crippen LogP contribution is -2.11. The Morgan fingerprint density at radius 2 is 1.86 bits per heavy atom. The number of nitro groups is 1. The maximum absolute atomic E-state index is 12.3. The zero-order chi connectivity index (χ0) is 24.9. The quantitative estimate of drug-likeness (QED) is 0.156. The summed E-state index contributed by atoms with van der Waals surface area (Å²) in [6, 6.07) is 18.1. The first-order valence-electron chi connectivity index (χ1n) is 10.5. The molecule has 1 heterocycles. The molecule has 3 aromatic rings. The van der Waals surface area contributed by atoms with E-state index in [1.54, 1.807) is 55.5 Å². The minimum Gasteiger partial charge on any atom is -0.493 e. The van der Waals surface area contributed by atoms with E-state index in [9.17, 15) is 19.7 Å². The van der Waals surface area contributed by atoms with Crippen molar-refractivity contribution in [2.75, 3.05) is 13.7 Å². The molecule has 0 fully saturated rings. The van der Waals surface area contributed by atoms with E-state index in [-0.39, 0.29) is 29.7 Å². The summed E-state index contributed by atoms with van der Waals surface area (Å²) >= 11 is 0. The van der Waals surface area contributed by atoms with Crippen LogP contribution < -0.4 is 9.47 Å². The normalized spacial score (nSPS) is 13.8. The molecule has 9 heteroatoms. The number of nitrogens with zero attached hydrogens (tertiary/aromatic N) is 2. The minimum atomic E-state index is -0.649. The number of esters is 1. The van der Waals surface area contributed by atoms with Gasteiger partial charge in [-0.15, -0.1) is 0 Å². The van der Waals surface area contributed by atoms with Crippen molar-refractivity contribution in [3.8, 4) is 11.5 Å². The van der Waals surface area contributed by atoms with E-state index in [0.717, 1.165) is 0 Å². The van der Waals surface area contributed by atoms with Crippen LogP contribution in [0.2, 0.25) is 0 Å². The summed E-state index contributed by atoms with van der Waals surface area (Å²) in [5.74, 6) is -0.00880. The number of nitro benzene ring substituents is 1. The Morgan fingerprint density at radius 3 is 2.54 bits per heavy atom. The summed E-state index contributed by atoms with van der Waals surface area (Å²) in [4.78, 5) is 39.4. The van der Waals surface area contributed by atoms with E-state index in [4.69, 9.17) is 14.2 Å². The Labute approximate surface area is 200 Å². The molecule has 0 unspecified atom stereocenters. The van der Waals surface area contributed by atoms with Crippen LogP contribution in [0.3, 0.4) is 0 Å². The van der Waals surface area contributed by atoms with E-state index >= 15 is 0 Å². The maximum atomic E-state index is 12.3. The number of carbonyl (C=O) groups excluding carboxylic acids is 2. The third kappa shape index (κ3) is 5.25. The molecule has 35 heavy (non-hydrogen) atoms. The van der Waals surface area contributed by atoms with E-state index in [0.29, 0.717) is 33.8 Å². The molecule has 0 spiro atoms. The molecule has 1 aliphatic heterocycles. The number of methoxy groups -OCH3 is 1. The number of cyclic esters (lactones) is 1. The molecule has 176 valence electrons. The summed E-state index contributed by atoms with van der Waals surface area (Å²) in [6.07, 6.45) is 1.52. The molecule has 0 saturated heterocycles. The van der Waals surface area contributed by atoms with Crippen LogP contribution in [-0.2, 0) is 9.53 Å². The first kappa shape index (κ1) is 23.4. The van der Waals surface area contributed by atoms with Gasteiger partial charge in [-0.3, -0.25) is 14.9 Å². The number of aliphatic imine (C=N–C) groups is 1. The van der Waals surface area contributed by atoms with Crippen molar-refractivity contribution in [2.24, 2.45) is 4.99 Å². The molecule has 1 aliphatic rings. The van der Waals surface area contributed by atoms with Crippen LogP contribution in [-0.4, -0.2) is 36.3 Å². The van der Waals surface area contributed by atoms with Crippen molar-refractivity contribution in [2.45, 2.75) is 6.92 Å². The molecule has 0 aromatic heterocycles. The van der Waals surface area contributed by atoms with Gasteiger partial charge >= 0.3 is 5.97 Å². The number of hydrogen-bond donors (Lipinski definition) is 0. The topological polar surface area (TPSA) is 117 Å². The third-order valence-corrected chi connectivity index (χ3v) is 5.21. The third-order valence-electron chi connectivity index (χ3n) is 5.21. The predicted octanol–water partition coefficient (Wildman–Crippen LogP) is 4.52. The van der Waals surface area contributed by atoms with Gasteiger partial charge in [-0.25, -0.2) is 9.79 Å². The molecule has 3 aromatic carbocycles. The molecule has 0 aliphatic carbocycles. The average Bonchev–Trinajstić information content (AvgIpc) is 3.23. The van der Waals surface area contributed by atoms with Crippen LogP contribution in [0, 0.1) is 17.0 Å². The van der Waals surface area contributed by atoms with Crippen molar-refractivity contribution in [1.82, 2.24) is 0 Å². The first-order chi connectivity index (χ1) is 16.9. The van der Waals surface area contributed by atoms with Crippen molar-refractivity contribution in [1.29, 1.82) is 0 Å². The molecule has 0 amide bonds. The average molecular weight is 472 g/mol. The highest BCUT2D eigenvalue weighted by atomic mass is 16.6.